The number of furan rings is 1. The molecule has 0 saturated carbocycles. The smallest absolute Gasteiger partial charge is 0.273 e. The number of rotatable bonds is 3. The molecule has 0 bridgehead atoms. The van der Waals surface area contributed by atoms with Gasteiger partial charge in [0.1, 0.15) is 28.5 Å². The molecule has 51 heavy (non-hydrogen) atoms. The number of fused-ring (bicyclic) bond motifs is 9. The van der Waals surface area contributed by atoms with Gasteiger partial charge in [-0.15, -0.1) is 11.3 Å². The first-order valence-corrected chi connectivity index (χ1v) is 18.4. The third-order valence-corrected chi connectivity index (χ3v) is 11.7. The van der Waals surface area contributed by atoms with Crippen LogP contribution in [0.2, 0.25) is 0 Å². The van der Waals surface area contributed by atoms with E-state index in [-0.39, 0.29) is 12.1 Å². The van der Waals surface area contributed by atoms with Gasteiger partial charge in [0.15, 0.2) is 11.3 Å². The third-order valence-electron chi connectivity index (χ3n) is 10.5. The molecule has 0 saturated heterocycles. The van der Waals surface area contributed by atoms with Crippen molar-refractivity contribution in [3.05, 3.63) is 131 Å². The lowest BCUT2D eigenvalue weighted by molar-refractivity contribution is 0.467. The molecule has 2 aliphatic rings. The molecular weight excluding hydrogens is 645 g/mol. The van der Waals surface area contributed by atoms with Gasteiger partial charge in [0.2, 0.25) is 0 Å². The predicted octanol–water partition coefficient (Wildman–Crippen LogP) is 11.2. The highest BCUT2D eigenvalue weighted by Crippen LogP contribution is 2.50. The molecule has 2 aliphatic heterocycles. The van der Waals surface area contributed by atoms with Crippen LogP contribution < -0.4 is 30.1 Å². The van der Waals surface area contributed by atoms with Gasteiger partial charge in [0, 0.05) is 42.5 Å². The number of benzene rings is 6. The van der Waals surface area contributed by atoms with Crippen molar-refractivity contribution in [2.24, 2.45) is 0 Å². The maximum absolute atomic E-state index is 7.19. The zero-order valence-corrected chi connectivity index (χ0v) is 30.4. The maximum Gasteiger partial charge on any atom is 0.273 e. The van der Waals surface area contributed by atoms with Crippen LogP contribution in [-0.2, 0) is 5.41 Å². The third kappa shape index (κ3) is 4.59. The zero-order valence-electron chi connectivity index (χ0n) is 29.5. The highest BCUT2D eigenvalue weighted by atomic mass is 32.1. The van der Waals surface area contributed by atoms with E-state index >= 15 is 0 Å². The lowest BCUT2D eigenvalue weighted by Gasteiger charge is -2.35. The van der Waals surface area contributed by atoms with Crippen LogP contribution >= 0.6 is 11.3 Å². The number of ether oxygens (including phenoxy) is 2. The summed E-state index contributed by atoms with van der Waals surface area (Å²) in [6.45, 7) is 13.1. The second-order valence-electron chi connectivity index (χ2n) is 15.2. The Kier molecular flexibility index (Phi) is 6.42. The SMILES string of the molecule is Cc1ccc(N(c2ccc(C)cc2)c2c3c(cc4c2oc2ccccc24)B2c4sc5ccc(C(C)(C)C)cc5c4Oc4cc(C)cc(c42)O3)cc1. The van der Waals surface area contributed by atoms with Gasteiger partial charge in [0.25, 0.3) is 6.71 Å². The van der Waals surface area contributed by atoms with Crippen molar-refractivity contribution < 1.29 is 13.9 Å². The van der Waals surface area contributed by atoms with Crippen molar-refractivity contribution in [1.29, 1.82) is 0 Å². The first kappa shape index (κ1) is 30.4. The Morgan fingerprint density at radius 2 is 1.27 bits per heavy atom. The Hall–Kier alpha value is -5.46. The Labute approximate surface area is 301 Å². The van der Waals surface area contributed by atoms with Gasteiger partial charge < -0.3 is 18.8 Å². The molecule has 0 unspecified atom stereocenters. The lowest BCUT2D eigenvalue weighted by Crippen LogP contribution is -2.56. The number of nitrogens with zero attached hydrogens (tertiary/aromatic N) is 1. The first-order chi connectivity index (χ1) is 24.6. The molecule has 6 aromatic carbocycles. The van der Waals surface area contributed by atoms with Crippen LogP contribution in [0.4, 0.5) is 17.1 Å². The molecule has 0 atom stereocenters. The molecule has 8 aromatic rings. The monoisotopic (exact) mass is 681 g/mol. The average Bonchev–Trinajstić information content (AvgIpc) is 3.67. The minimum Gasteiger partial charge on any atom is -0.457 e. The summed E-state index contributed by atoms with van der Waals surface area (Å²) in [5.41, 5.74) is 11.6. The summed E-state index contributed by atoms with van der Waals surface area (Å²) in [4.78, 5) is 2.31. The number of hydrogen-bond acceptors (Lipinski definition) is 5. The van der Waals surface area contributed by atoms with Crippen LogP contribution in [0, 0.1) is 20.8 Å². The van der Waals surface area contributed by atoms with E-state index in [2.05, 4.69) is 150 Å². The van der Waals surface area contributed by atoms with Gasteiger partial charge in [-0.05, 0) is 97.4 Å². The fourth-order valence-electron chi connectivity index (χ4n) is 7.85. The summed E-state index contributed by atoms with van der Waals surface area (Å²) in [6.07, 6.45) is 0. The van der Waals surface area contributed by atoms with Crippen molar-refractivity contribution in [3.8, 4) is 23.0 Å². The van der Waals surface area contributed by atoms with Crippen LogP contribution in [-0.4, -0.2) is 6.71 Å². The minimum atomic E-state index is -0.0896. The van der Waals surface area contributed by atoms with Crippen LogP contribution in [0.15, 0.2) is 114 Å². The summed E-state index contributed by atoms with van der Waals surface area (Å²) < 4.78 is 23.4. The van der Waals surface area contributed by atoms with E-state index in [1.54, 1.807) is 0 Å². The molecule has 6 heteroatoms. The number of anilines is 3. The van der Waals surface area contributed by atoms with E-state index in [4.69, 9.17) is 13.9 Å². The van der Waals surface area contributed by atoms with Gasteiger partial charge >= 0.3 is 0 Å². The largest absolute Gasteiger partial charge is 0.457 e. The van der Waals surface area contributed by atoms with E-state index in [1.807, 2.05) is 17.4 Å². The van der Waals surface area contributed by atoms with E-state index in [0.717, 1.165) is 78.5 Å². The first-order valence-electron chi connectivity index (χ1n) is 17.6. The Balaban J connectivity index is 1.33. The quantitative estimate of drug-likeness (QED) is 0.174. The van der Waals surface area contributed by atoms with Crippen molar-refractivity contribution in [2.75, 3.05) is 4.90 Å². The van der Waals surface area contributed by atoms with E-state index < -0.39 is 0 Å². The molecule has 248 valence electrons. The number of para-hydroxylation sites is 1. The Morgan fingerprint density at radius 1 is 0.627 bits per heavy atom. The normalized spacial score (nSPS) is 13.2. The van der Waals surface area contributed by atoms with Crippen LogP contribution in [0.5, 0.6) is 23.0 Å². The minimum absolute atomic E-state index is 0.0167. The second kappa shape index (κ2) is 10.8. The van der Waals surface area contributed by atoms with Crippen molar-refractivity contribution in [2.45, 2.75) is 47.0 Å². The summed E-state index contributed by atoms with van der Waals surface area (Å²) in [7, 11) is 0. The Bertz CT molecular complexity index is 2670. The second-order valence-corrected chi connectivity index (χ2v) is 16.3. The zero-order chi connectivity index (χ0) is 34.8. The van der Waals surface area contributed by atoms with Gasteiger partial charge in [-0.3, -0.25) is 0 Å². The van der Waals surface area contributed by atoms with Crippen LogP contribution in [0.25, 0.3) is 32.0 Å². The van der Waals surface area contributed by atoms with Gasteiger partial charge in [-0.25, -0.2) is 0 Å². The molecule has 0 spiro atoms. The fourth-order valence-corrected chi connectivity index (χ4v) is 9.10. The van der Waals surface area contributed by atoms with Gasteiger partial charge in [0.05, 0.1) is 0 Å². The predicted molar refractivity (Wildman–Crippen MR) is 214 cm³/mol. The van der Waals surface area contributed by atoms with Crippen LogP contribution in [0.3, 0.4) is 0 Å². The molecule has 0 aliphatic carbocycles. The topological polar surface area (TPSA) is 34.8 Å². The maximum atomic E-state index is 7.19. The molecule has 0 amide bonds. The summed E-state index contributed by atoms with van der Waals surface area (Å²) >= 11 is 1.83. The molecule has 0 N–H and O–H groups in total. The lowest BCUT2D eigenvalue weighted by atomic mass is 9.37. The average molecular weight is 682 g/mol. The molecular formula is C45H36BNO3S. The molecule has 4 heterocycles. The standard InChI is InChI=1S/C45H36BNO3S/c1-25-11-16-29(17-12-25)47(30-18-13-26(2)14-19-30)40-41-32(31-9-7-8-10-35(31)48-41)24-34-43(40)50-37-22-27(3)21-36-39(37)46(34)44-42(49-36)33-23-28(45(4,5)6)15-20-38(33)51-44/h7-24H,1-6H3. The van der Waals surface area contributed by atoms with Crippen molar-refractivity contribution >= 4 is 82.8 Å². The van der Waals surface area contributed by atoms with Crippen molar-refractivity contribution in [1.82, 2.24) is 0 Å². The molecule has 0 radical (unpaired) electrons. The highest BCUT2D eigenvalue weighted by molar-refractivity contribution is 7.33. The van der Waals surface area contributed by atoms with Gasteiger partial charge in [-0.1, -0.05) is 86.5 Å². The van der Waals surface area contributed by atoms with E-state index in [1.165, 1.54) is 31.6 Å². The molecule has 4 nitrogen and oxygen atoms in total. The number of hydrogen-bond donors (Lipinski definition) is 0. The fraction of sp³-hybridized carbons (Fsp3) is 0.156. The highest BCUT2D eigenvalue weighted by Gasteiger charge is 2.45. The van der Waals surface area contributed by atoms with E-state index in [0.29, 0.717) is 0 Å². The van der Waals surface area contributed by atoms with Gasteiger partial charge in [-0.2, -0.15) is 0 Å². The Morgan fingerprint density at radius 3 is 1.94 bits per heavy atom. The summed E-state index contributed by atoms with van der Waals surface area (Å²) in [5, 5.41) is 3.31. The molecule has 0 fully saturated rings. The molecule has 10 rings (SSSR count). The van der Waals surface area contributed by atoms with Crippen molar-refractivity contribution in [3.63, 3.8) is 0 Å². The van der Waals surface area contributed by atoms with Crippen LogP contribution in [0.1, 0.15) is 43.0 Å². The number of aryl methyl sites for hydroxylation is 3. The number of thiophene rings is 1. The van der Waals surface area contributed by atoms with E-state index in [9.17, 15) is 0 Å². The molecule has 2 aromatic heterocycles. The summed E-state index contributed by atoms with van der Waals surface area (Å²) in [5.74, 6) is 3.44. The summed E-state index contributed by atoms with van der Waals surface area (Å²) in [6, 6.07) is 39.3.